The maximum absolute atomic E-state index is 12.7. The first-order valence-electron chi connectivity index (χ1n) is 10.5. The summed E-state index contributed by atoms with van der Waals surface area (Å²) in [5, 5.41) is 3.22. The number of benzene rings is 2. The van der Waals surface area contributed by atoms with Crippen molar-refractivity contribution in [3.05, 3.63) is 74.6 Å². The molecule has 0 saturated heterocycles. The van der Waals surface area contributed by atoms with Crippen molar-refractivity contribution in [2.45, 2.75) is 52.7 Å². The number of alkyl carbamates (subject to hydrolysis) is 1. The first kappa shape index (κ1) is 24.3. The molecule has 1 unspecified atom stereocenters. The normalized spacial score (nSPS) is 12.3. The van der Waals surface area contributed by atoms with Crippen LogP contribution in [0.4, 0.5) is 4.79 Å². The van der Waals surface area contributed by atoms with Crippen LogP contribution in [-0.4, -0.2) is 23.7 Å². The molecule has 0 aliphatic carbocycles. The van der Waals surface area contributed by atoms with E-state index in [0.29, 0.717) is 17.4 Å². The van der Waals surface area contributed by atoms with E-state index in [1.165, 1.54) is 13.0 Å². The Morgan fingerprint density at radius 1 is 1.15 bits per heavy atom. The lowest BCUT2D eigenvalue weighted by Crippen LogP contribution is -2.43. The van der Waals surface area contributed by atoms with Crippen molar-refractivity contribution >= 4 is 34.6 Å². The van der Waals surface area contributed by atoms with Gasteiger partial charge in [-0.1, -0.05) is 41.9 Å². The summed E-state index contributed by atoms with van der Waals surface area (Å²) >= 11 is 6.36. The van der Waals surface area contributed by atoms with E-state index in [1.54, 1.807) is 26.8 Å². The fourth-order valence-corrected chi connectivity index (χ4v) is 3.41. The quantitative estimate of drug-likeness (QED) is 0.313. The molecule has 2 aromatic carbocycles. The summed E-state index contributed by atoms with van der Waals surface area (Å²) in [6.07, 6.45) is -0.322. The number of ether oxygens (including phenoxy) is 2. The Labute approximate surface area is 196 Å². The molecule has 0 radical (unpaired) electrons. The van der Waals surface area contributed by atoms with Gasteiger partial charge in [0.1, 0.15) is 17.2 Å². The highest BCUT2D eigenvalue weighted by atomic mass is 35.5. The average Bonchev–Trinajstić information content (AvgIpc) is 2.71. The van der Waals surface area contributed by atoms with Crippen LogP contribution in [0.5, 0.6) is 5.75 Å². The second-order valence-electron chi connectivity index (χ2n) is 8.72. The van der Waals surface area contributed by atoms with E-state index in [0.717, 1.165) is 11.1 Å². The fourth-order valence-electron chi connectivity index (χ4n) is 3.21. The van der Waals surface area contributed by atoms with Crippen molar-refractivity contribution in [1.82, 2.24) is 5.32 Å². The van der Waals surface area contributed by atoms with Gasteiger partial charge >= 0.3 is 17.7 Å². The van der Waals surface area contributed by atoms with Crippen molar-refractivity contribution in [1.29, 1.82) is 0 Å². The lowest BCUT2D eigenvalue weighted by Gasteiger charge is -2.21. The minimum Gasteiger partial charge on any atom is -0.444 e. The van der Waals surface area contributed by atoms with Crippen LogP contribution in [0.3, 0.4) is 0 Å². The SMILES string of the molecule is Cc1c(Cc2ccccc2)c(=O)oc2cc(OC(=O)C(C)NC(=O)OC(C)(C)C)c(Cl)cc12. The molecule has 174 valence electrons. The van der Waals surface area contributed by atoms with Crippen LogP contribution >= 0.6 is 11.6 Å². The summed E-state index contributed by atoms with van der Waals surface area (Å²) < 4.78 is 16.0. The summed E-state index contributed by atoms with van der Waals surface area (Å²) in [4.78, 5) is 37.0. The van der Waals surface area contributed by atoms with E-state index >= 15 is 0 Å². The van der Waals surface area contributed by atoms with E-state index < -0.39 is 29.3 Å². The van der Waals surface area contributed by atoms with Crippen molar-refractivity contribution < 1.29 is 23.5 Å². The summed E-state index contributed by atoms with van der Waals surface area (Å²) in [5.74, 6) is -0.729. The number of carbonyl (C=O) groups is 2. The maximum atomic E-state index is 12.7. The molecular formula is C25H26ClNO6. The van der Waals surface area contributed by atoms with Crippen LogP contribution in [0.1, 0.15) is 44.4 Å². The number of rotatable bonds is 5. The molecule has 33 heavy (non-hydrogen) atoms. The third kappa shape index (κ3) is 6.14. The van der Waals surface area contributed by atoms with Crippen LogP contribution in [0, 0.1) is 6.92 Å². The van der Waals surface area contributed by atoms with Crippen molar-refractivity contribution in [2.75, 3.05) is 0 Å². The van der Waals surface area contributed by atoms with Gasteiger partial charge in [-0.3, -0.25) is 0 Å². The zero-order valence-electron chi connectivity index (χ0n) is 19.2. The van der Waals surface area contributed by atoms with Crippen LogP contribution in [0.25, 0.3) is 11.0 Å². The van der Waals surface area contributed by atoms with E-state index in [1.807, 2.05) is 37.3 Å². The first-order valence-corrected chi connectivity index (χ1v) is 10.8. The Morgan fingerprint density at radius 3 is 2.45 bits per heavy atom. The Morgan fingerprint density at radius 2 is 1.82 bits per heavy atom. The Bertz CT molecular complexity index is 1240. The summed E-state index contributed by atoms with van der Waals surface area (Å²) in [7, 11) is 0. The number of carbonyl (C=O) groups excluding carboxylic acids is 2. The van der Waals surface area contributed by atoms with Crippen LogP contribution < -0.4 is 15.7 Å². The zero-order valence-corrected chi connectivity index (χ0v) is 19.9. The monoisotopic (exact) mass is 471 g/mol. The number of esters is 1. The lowest BCUT2D eigenvalue weighted by molar-refractivity contribution is -0.136. The molecule has 0 fully saturated rings. The highest BCUT2D eigenvalue weighted by molar-refractivity contribution is 6.33. The summed E-state index contributed by atoms with van der Waals surface area (Å²) in [5.41, 5.74) is 1.33. The highest BCUT2D eigenvalue weighted by Gasteiger charge is 2.23. The molecule has 1 heterocycles. The van der Waals surface area contributed by atoms with Gasteiger partial charge in [0.25, 0.3) is 0 Å². The van der Waals surface area contributed by atoms with Gasteiger partial charge in [0.15, 0.2) is 5.75 Å². The van der Waals surface area contributed by atoms with Gasteiger partial charge in [0.05, 0.1) is 5.02 Å². The predicted octanol–water partition coefficient (Wildman–Crippen LogP) is 5.16. The molecule has 1 atom stereocenters. The molecule has 3 rings (SSSR count). The average molecular weight is 472 g/mol. The summed E-state index contributed by atoms with van der Waals surface area (Å²) in [6, 6.07) is 11.6. The van der Waals surface area contributed by atoms with Crippen molar-refractivity contribution in [2.24, 2.45) is 0 Å². The van der Waals surface area contributed by atoms with Crippen LogP contribution in [0.15, 0.2) is 51.7 Å². The zero-order chi connectivity index (χ0) is 24.3. The second-order valence-corrected chi connectivity index (χ2v) is 9.13. The van der Waals surface area contributed by atoms with E-state index in [-0.39, 0.29) is 16.4 Å². The van der Waals surface area contributed by atoms with Gasteiger partial charge in [-0.15, -0.1) is 0 Å². The lowest BCUT2D eigenvalue weighted by atomic mass is 9.99. The molecule has 3 aromatic rings. The number of hydrogen-bond donors (Lipinski definition) is 1. The second kappa shape index (κ2) is 9.67. The van der Waals surface area contributed by atoms with Crippen molar-refractivity contribution in [3.8, 4) is 5.75 Å². The van der Waals surface area contributed by atoms with Gasteiger partial charge in [-0.05, 0) is 51.8 Å². The van der Waals surface area contributed by atoms with Gasteiger partial charge in [-0.25, -0.2) is 14.4 Å². The van der Waals surface area contributed by atoms with Gasteiger partial charge < -0.3 is 19.2 Å². The molecule has 1 aromatic heterocycles. The highest BCUT2D eigenvalue weighted by Crippen LogP contribution is 2.32. The number of halogens is 1. The largest absolute Gasteiger partial charge is 0.444 e. The number of aryl methyl sites for hydroxylation is 1. The first-order chi connectivity index (χ1) is 15.4. The molecule has 8 heteroatoms. The molecule has 0 aliphatic heterocycles. The Balaban J connectivity index is 1.83. The molecular weight excluding hydrogens is 446 g/mol. The number of nitrogens with one attached hydrogen (secondary N) is 1. The van der Waals surface area contributed by atoms with Crippen LogP contribution in [0.2, 0.25) is 5.02 Å². The topological polar surface area (TPSA) is 94.8 Å². The Kier molecular flexibility index (Phi) is 7.12. The molecule has 1 N–H and O–H groups in total. The van der Waals surface area contributed by atoms with Gasteiger partial charge in [0, 0.05) is 23.4 Å². The van der Waals surface area contributed by atoms with Crippen molar-refractivity contribution in [3.63, 3.8) is 0 Å². The fraction of sp³-hybridized carbons (Fsp3) is 0.320. The van der Waals surface area contributed by atoms with Gasteiger partial charge in [0.2, 0.25) is 0 Å². The van der Waals surface area contributed by atoms with Crippen LogP contribution in [-0.2, 0) is 16.0 Å². The number of fused-ring (bicyclic) bond motifs is 1. The smallest absolute Gasteiger partial charge is 0.408 e. The molecule has 7 nitrogen and oxygen atoms in total. The molecule has 0 aliphatic rings. The third-order valence-electron chi connectivity index (χ3n) is 4.86. The van der Waals surface area contributed by atoms with E-state index in [2.05, 4.69) is 5.32 Å². The van der Waals surface area contributed by atoms with Gasteiger partial charge in [-0.2, -0.15) is 0 Å². The minimum absolute atomic E-state index is 0.0189. The molecule has 0 spiro atoms. The third-order valence-corrected chi connectivity index (χ3v) is 5.16. The van der Waals surface area contributed by atoms with E-state index in [4.69, 9.17) is 25.5 Å². The standard InChI is InChI=1S/C25H26ClNO6/c1-14-17-12-19(26)21(32-22(28)15(2)27-24(30)33-25(3,4)5)13-20(17)31-23(29)18(14)11-16-9-7-6-8-10-16/h6-10,12-13,15H,11H2,1-5H3,(H,27,30). The minimum atomic E-state index is -0.992. The molecule has 0 saturated carbocycles. The maximum Gasteiger partial charge on any atom is 0.408 e. The predicted molar refractivity (Wildman–Crippen MR) is 126 cm³/mol. The number of amides is 1. The molecule has 1 amide bonds. The Hall–Kier alpha value is -3.32. The summed E-state index contributed by atoms with van der Waals surface area (Å²) in [6.45, 7) is 8.43. The molecule has 0 bridgehead atoms. The van der Waals surface area contributed by atoms with E-state index in [9.17, 15) is 14.4 Å². The number of hydrogen-bond acceptors (Lipinski definition) is 6.